The Kier molecular flexibility index (Phi) is 5.77. The van der Waals surface area contributed by atoms with Crippen LogP contribution in [0.2, 0.25) is 0 Å². The van der Waals surface area contributed by atoms with Crippen LogP contribution < -0.4 is 5.32 Å². The number of ether oxygens (including phenoxy) is 1. The highest BCUT2D eigenvalue weighted by Crippen LogP contribution is 2.19. The molecule has 1 heterocycles. The van der Waals surface area contributed by atoms with Crippen molar-refractivity contribution in [1.82, 2.24) is 5.32 Å². The van der Waals surface area contributed by atoms with Crippen molar-refractivity contribution < 1.29 is 22.7 Å². The molecule has 1 aliphatic rings. The molecule has 3 unspecified atom stereocenters. The summed E-state index contributed by atoms with van der Waals surface area (Å²) in [6.45, 7) is 3.34. The van der Waals surface area contributed by atoms with E-state index in [1.807, 2.05) is 37.3 Å². The maximum Gasteiger partial charge on any atom is 0.307 e. The van der Waals surface area contributed by atoms with Crippen LogP contribution in [0.25, 0.3) is 0 Å². The summed E-state index contributed by atoms with van der Waals surface area (Å²) in [6, 6.07) is 9.24. The Hall–Kier alpha value is -2.15. The van der Waals surface area contributed by atoms with Crippen molar-refractivity contribution >= 4 is 21.7 Å². The van der Waals surface area contributed by atoms with Crippen LogP contribution in [-0.2, 0) is 24.2 Å². The molecule has 1 N–H and O–H groups in total. The number of nitrogens with one attached hydrogen (secondary N) is 1. The fourth-order valence-corrected chi connectivity index (χ4v) is 3.83. The quantitative estimate of drug-likeness (QED) is 0.789. The van der Waals surface area contributed by atoms with E-state index >= 15 is 0 Å². The number of rotatable bonds is 6. The second-order valence-corrected chi connectivity index (χ2v) is 7.83. The Balaban J connectivity index is 1.81. The van der Waals surface area contributed by atoms with Crippen molar-refractivity contribution in [3.8, 4) is 0 Å². The van der Waals surface area contributed by atoms with E-state index in [1.165, 1.54) is 13.0 Å². The maximum absolute atomic E-state index is 12.1. The van der Waals surface area contributed by atoms with Crippen molar-refractivity contribution in [2.24, 2.45) is 5.92 Å². The van der Waals surface area contributed by atoms with E-state index in [0.29, 0.717) is 0 Å². The van der Waals surface area contributed by atoms with Crippen molar-refractivity contribution in [1.29, 1.82) is 0 Å². The average molecular weight is 351 g/mol. The third-order valence-electron chi connectivity index (χ3n) is 3.77. The molecule has 1 aromatic rings. The minimum atomic E-state index is -3.20. The first-order chi connectivity index (χ1) is 11.3. The summed E-state index contributed by atoms with van der Waals surface area (Å²) in [4.78, 5) is 24.0. The second-order valence-electron chi connectivity index (χ2n) is 5.90. The number of carbonyl (C=O) groups is 2. The van der Waals surface area contributed by atoms with Gasteiger partial charge >= 0.3 is 5.97 Å². The topological polar surface area (TPSA) is 89.5 Å². The van der Waals surface area contributed by atoms with Crippen LogP contribution >= 0.6 is 0 Å². The number of esters is 1. The Morgan fingerprint density at radius 3 is 2.50 bits per heavy atom. The van der Waals surface area contributed by atoms with Crippen LogP contribution in [-0.4, -0.2) is 32.2 Å². The number of carbonyl (C=O) groups excluding carboxylic acids is 2. The first-order valence-electron chi connectivity index (χ1n) is 7.72. The number of sulfone groups is 1. The number of amides is 1. The van der Waals surface area contributed by atoms with Crippen molar-refractivity contribution in [3.63, 3.8) is 0 Å². The van der Waals surface area contributed by atoms with E-state index in [9.17, 15) is 18.0 Å². The van der Waals surface area contributed by atoms with Crippen LogP contribution in [0.4, 0.5) is 0 Å². The zero-order chi connectivity index (χ0) is 17.7. The molecule has 3 atom stereocenters. The van der Waals surface area contributed by atoms with Crippen LogP contribution in [0.15, 0.2) is 41.8 Å². The molecule has 0 aromatic heterocycles. The number of benzene rings is 1. The summed E-state index contributed by atoms with van der Waals surface area (Å²) < 4.78 is 27.7. The molecule has 2 rings (SSSR count). The van der Waals surface area contributed by atoms with Gasteiger partial charge in [0.1, 0.15) is 0 Å². The predicted octanol–water partition coefficient (Wildman–Crippen LogP) is 1.74. The van der Waals surface area contributed by atoms with E-state index in [-0.39, 0.29) is 24.1 Å². The Morgan fingerprint density at radius 2 is 1.92 bits per heavy atom. The van der Waals surface area contributed by atoms with Gasteiger partial charge in [-0.05, 0) is 19.4 Å². The lowest BCUT2D eigenvalue weighted by Crippen LogP contribution is -2.37. The largest absolute Gasteiger partial charge is 0.453 e. The summed E-state index contributed by atoms with van der Waals surface area (Å²) >= 11 is 0. The lowest BCUT2D eigenvalue weighted by molar-refractivity contribution is -0.155. The summed E-state index contributed by atoms with van der Waals surface area (Å²) in [5.41, 5.74) is 0.950. The van der Waals surface area contributed by atoms with Crippen molar-refractivity contribution in [2.75, 3.05) is 5.75 Å². The Labute approximate surface area is 141 Å². The zero-order valence-corrected chi connectivity index (χ0v) is 14.5. The van der Waals surface area contributed by atoms with Gasteiger partial charge in [-0.3, -0.25) is 9.59 Å². The molecule has 0 aliphatic carbocycles. The number of allylic oxidation sites excluding steroid dienone is 1. The number of hydrogen-bond acceptors (Lipinski definition) is 5. The molecule has 0 fully saturated rings. The van der Waals surface area contributed by atoms with Crippen LogP contribution in [0.1, 0.15) is 31.9 Å². The molecule has 7 heteroatoms. The van der Waals surface area contributed by atoms with Crippen molar-refractivity contribution in [2.45, 2.75) is 32.4 Å². The molecule has 0 spiro atoms. The summed E-state index contributed by atoms with van der Waals surface area (Å²) in [7, 11) is -3.20. The standard InChI is InChI=1S/C17H21NO5S/c1-12(15-6-4-3-5-7-15)18-17(20)13(2)23-16(19)10-14-8-9-24(21,22)11-14/h3-9,12-14H,10-11H2,1-2H3,(H,18,20). The molecular formula is C17H21NO5S. The third-order valence-corrected chi connectivity index (χ3v) is 5.23. The normalized spacial score (nSPS) is 21.0. The highest BCUT2D eigenvalue weighted by Gasteiger charge is 2.26. The van der Waals surface area contributed by atoms with Crippen LogP contribution in [0.5, 0.6) is 0 Å². The van der Waals surface area contributed by atoms with Crippen LogP contribution in [0, 0.1) is 5.92 Å². The lowest BCUT2D eigenvalue weighted by Gasteiger charge is -2.18. The molecule has 6 nitrogen and oxygen atoms in total. The van der Waals surface area contributed by atoms with Gasteiger partial charge in [-0.25, -0.2) is 8.42 Å². The second kappa shape index (κ2) is 7.61. The molecule has 0 saturated heterocycles. The molecule has 1 amide bonds. The van der Waals surface area contributed by atoms with Gasteiger partial charge < -0.3 is 10.1 Å². The minimum Gasteiger partial charge on any atom is -0.453 e. The number of hydrogen-bond donors (Lipinski definition) is 1. The monoisotopic (exact) mass is 351 g/mol. The Morgan fingerprint density at radius 1 is 1.25 bits per heavy atom. The van der Waals surface area contributed by atoms with Gasteiger partial charge in [0.2, 0.25) is 0 Å². The van der Waals surface area contributed by atoms with E-state index in [0.717, 1.165) is 11.0 Å². The smallest absolute Gasteiger partial charge is 0.307 e. The lowest BCUT2D eigenvalue weighted by atomic mass is 10.1. The fraction of sp³-hybridized carbons (Fsp3) is 0.412. The molecule has 24 heavy (non-hydrogen) atoms. The summed E-state index contributed by atoms with van der Waals surface area (Å²) in [5, 5.41) is 3.90. The van der Waals surface area contributed by atoms with E-state index in [2.05, 4.69) is 5.32 Å². The molecule has 0 saturated carbocycles. The highest BCUT2D eigenvalue weighted by molar-refractivity contribution is 7.94. The van der Waals surface area contributed by atoms with Gasteiger partial charge in [-0.1, -0.05) is 36.4 Å². The summed E-state index contributed by atoms with van der Waals surface area (Å²) in [5.74, 6) is -1.46. The van der Waals surface area contributed by atoms with Gasteiger partial charge in [0.15, 0.2) is 15.9 Å². The van der Waals surface area contributed by atoms with E-state index in [4.69, 9.17) is 4.74 Å². The molecule has 0 bridgehead atoms. The molecule has 130 valence electrons. The third kappa shape index (κ3) is 5.19. The highest BCUT2D eigenvalue weighted by atomic mass is 32.2. The first-order valence-corrected chi connectivity index (χ1v) is 9.44. The van der Waals surface area contributed by atoms with Gasteiger partial charge in [-0.15, -0.1) is 0 Å². The van der Waals surface area contributed by atoms with E-state index < -0.39 is 27.8 Å². The average Bonchev–Trinajstić information content (AvgIpc) is 2.86. The molecule has 1 aromatic carbocycles. The SMILES string of the molecule is CC(OC(=O)CC1C=CS(=O)(=O)C1)C(=O)NC(C)c1ccccc1. The maximum atomic E-state index is 12.1. The van der Waals surface area contributed by atoms with Gasteiger partial charge in [0, 0.05) is 11.3 Å². The first kappa shape index (κ1) is 18.2. The van der Waals surface area contributed by atoms with Gasteiger partial charge in [0.05, 0.1) is 18.2 Å². The predicted molar refractivity (Wildman–Crippen MR) is 89.6 cm³/mol. The minimum absolute atomic E-state index is 0.0540. The molecule has 0 radical (unpaired) electrons. The molecular weight excluding hydrogens is 330 g/mol. The summed E-state index contributed by atoms with van der Waals surface area (Å²) in [6.07, 6.45) is 0.492. The fourth-order valence-electron chi connectivity index (χ4n) is 2.44. The zero-order valence-electron chi connectivity index (χ0n) is 13.6. The van der Waals surface area contributed by atoms with Gasteiger partial charge in [0.25, 0.3) is 5.91 Å². The molecule has 1 aliphatic heterocycles. The Bertz CT molecular complexity index is 727. The van der Waals surface area contributed by atoms with Crippen LogP contribution in [0.3, 0.4) is 0 Å². The van der Waals surface area contributed by atoms with Crippen molar-refractivity contribution in [3.05, 3.63) is 47.4 Å². The van der Waals surface area contributed by atoms with E-state index in [1.54, 1.807) is 0 Å². The van der Waals surface area contributed by atoms with Gasteiger partial charge in [-0.2, -0.15) is 0 Å².